The second-order valence-electron chi connectivity index (χ2n) is 3.43. The van der Waals surface area contributed by atoms with E-state index in [9.17, 15) is 4.79 Å². The van der Waals surface area contributed by atoms with Crippen molar-refractivity contribution in [3.63, 3.8) is 0 Å². The summed E-state index contributed by atoms with van der Waals surface area (Å²) < 4.78 is 4.98. The Bertz CT molecular complexity index is 566. The van der Waals surface area contributed by atoms with E-state index >= 15 is 0 Å². The number of aryl methyl sites for hydroxylation is 1. The van der Waals surface area contributed by atoms with Crippen molar-refractivity contribution < 1.29 is 14.3 Å². The van der Waals surface area contributed by atoms with Gasteiger partial charge in [-0.1, -0.05) is 11.6 Å². The van der Waals surface area contributed by atoms with Crippen molar-refractivity contribution in [3.05, 3.63) is 40.7 Å². The molecule has 2 aromatic rings. The van der Waals surface area contributed by atoms with Gasteiger partial charge in [0.15, 0.2) is 5.69 Å². The zero-order valence-corrected chi connectivity index (χ0v) is 9.65. The van der Waals surface area contributed by atoms with Gasteiger partial charge in [-0.25, -0.2) is 4.79 Å². The van der Waals surface area contributed by atoms with E-state index in [0.717, 1.165) is 17.5 Å². The molecular weight excluding hydrogens is 244 g/mol. The minimum absolute atomic E-state index is 0.132. The largest absolute Gasteiger partial charge is 0.476 e. The lowest BCUT2D eigenvalue weighted by Crippen LogP contribution is -1.97. The Hall–Kier alpha value is -2.01. The van der Waals surface area contributed by atoms with Crippen LogP contribution >= 0.6 is 11.6 Å². The molecule has 0 atom stereocenters. The molecule has 0 aliphatic rings. The highest BCUT2D eigenvalue weighted by Gasteiger charge is 2.10. The van der Waals surface area contributed by atoms with Crippen molar-refractivity contribution in [2.24, 2.45) is 0 Å². The van der Waals surface area contributed by atoms with Crippen LogP contribution in [0.2, 0.25) is 5.02 Å². The molecule has 5 nitrogen and oxygen atoms in total. The van der Waals surface area contributed by atoms with Crippen molar-refractivity contribution >= 4 is 29.3 Å². The van der Waals surface area contributed by atoms with Crippen LogP contribution < -0.4 is 5.32 Å². The highest BCUT2D eigenvalue weighted by Crippen LogP contribution is 2.23. The molecule has 1 heterocycles. The van der Waals surface area contributed by atoms with Gasteiger partial charge in [-0.15, -0.1) is 0 Å². The maximum Gasteiger partial charge on any atom is 0.357 e. The number of hydrogen-bond donors (Lipinski definition) is 2. The monoisotopic (exact) mass is 252 g/mol. The number of oxazole rings is 1. The topological polar surface area (TPSA) is 75.4 Å². The average Bonchev–Trinajstić information content (AvgIpc) is 2.71. The maximum atomic E-state index is 10.6. The molecule has 2 N–H and O–H groups in total. The third-order valence-corrected chi connectivity index (χ3v) is 2.39. The van der Waals surface area contributed by atoms with E-state index in [4.69, 9.17) is 21.1 Å². The number of anilines is 2. The number of carbonyl (C=O) groups is 1. The average molecular weight is 253 g/mol. The molecule has 0 spiro atoms. The fourth-order valence-corrected chi connectivity index (χ4v) is 1.54. The van der Waals surface area contributed by atoms with E-state index < -0.39 is 5.97 Å². The van der Waals surface area contributed by atoms with E-state index in [1.54, 1.807) is 18.2 Å². The number of rotatable bonds is 3. The second kappa shape index (κ2) is 4.47. The van der Waals surface area contributed by atoms with Gasteiger partial charge in [0.2, 0.25) is 0 Å². The summed E-state index contributed by atoms with van der Waals surface area (Å²) in [6.45, 7) is 1.87. The van der Waals surface area contributed by atoms with Crippen LogP contribution in [0.5, 0.6) is 0 Å². The summed E-state index contributed by atoms with van der Waals surface area (Å²) in [6, 6.07) is 5.40. The number of carboxylic acid groups (broad SMARTS) is 1. The molecule has 0 saturated heterocycles. The number of hydrogen-bond acceptors (Lipinski definition) is 4. The molecule has 2 rings (SSSR count). The van der Waals surface area contributed by atoms with Gasteiger partial charge in [-0.05, 0) is 30.7 Å². The van der Waals surface area contributed by atoms with Crippen LogP contribution in [0.4, 0.5) is 11.7 Å². The van der Waals surface area contributed by atoms with Gasteiger partial charge in [0.1, 0.15) is 6.26 Å². The predicted molar refractivity (Wildman–Crippen MR) is 62.9 cm³/mol. The van der Waals surface area contributed by atoms with Crippen molar-refractivity contribution in [2.75, 3.05) is 5.32 Å². The number of halogens is 1. The van der Waals surface area contributed by atoms with Gasteiger partial charge >= 0.3 is 5.97 Å². The van der Waals surface area contributed by atoms with Crippen LogP contribution in [0.1, 0.15) is 16.1 Å². The molecule has 17 heavy (non-hydrogen) atoms. The lowest BCUT2D eigenvalue weighted by Gasteiger charge is -2.05. The minimum atomic E-state index is -1.13. The van der Waals surface area contributed by atoms with Gasteiger partial charge in [0, 0.05) is 10.7 Å². The zero-order valence-electron chi connectivity index (χ0n) is 8.90. The summed E-state index contributed by atoms with van der Waals surface area (Å²) in [5.41, 5.74) is 1.53. The number of benzene rings is 1. The first-order valence-electron chi connectivity index (χ1n) is 4.78. The quantitative estimate of drug-likeness (QED) is 0.878. The lowest BCUT2D eigenvalue weighted by atomic mass is 10.2. The third kappa shape index (κ3) is 2.57. The number of nitrogens with one attached hydrogen (secondary N) is 1. The van der Waals surface area contributed by atoms with Crippen LogP contribution in [-0.2, 0) is 0 Å². The Morgan fingerprint density at radius 1 is 1.53 bits per heavy atom. The molecular formula is C11H9ClN2O3. The first-order valence-corrected chi connectivity index (χ1v) is 5.16. The Morgan fingerprint density at radius 2 is 2.29 bits per heavy atom. The Labute approximate surface area is 102 Å². The highest BCUT2D eigenvalue weighted by molar-refractivity contribution is 6.30. The maximum absolute atomic E-state index is 10.6. The molecule has 0 saturated carbocycles. The number of aromatic carboxylic acids is 1. The van der Waals surface area contributed by atoms with Crippen LogP contribution in [-0.4, -0.2) is 16.1 Å². The van der Waals surface area contributed by atoms with E-state index in [0.29, 0.717) is 5.02 Å². The molecule has 0 radical (unpaired) electrons. The first kappa shape index (κ1) is 11.5. The third-order valence-electron chi connectivity index (χ3n) is 2.15. The Kier molecular flexibility index (Phi) is 3.01. The Balaban J connectivity index is 2.22. The number of nitrogens with zero attached hydrogens (tertiary/aromatic N) is 1. The van der Waals surface area contributed by atoms with Crippen molar-refractivity contribution in [1.82, 2.24) is 4.98 Å². The van der Waals surface area contributed by atoms with Gasteiger partial charge in [0.05, 0.1) is 0 Å². The summed E-state index contributed by atoms with van der Waals surface area (Å²) in [4.78, 5) is 14.4. The predicted octanol–water partition coefficient (Wildman–Crippen LogP) is 3.08. The van der Waals surface area contributed by atoms with E-state index in [-0.39, 0.29) is 11.7 Å². The summed E-state index contributed by atoms with van der Waals surface area (Å²) in [6.07, 6.45) is 1.08. The molecule has 0 unspecified atom stereocenters. The molecule has 0 aliphatic heterocycles. The van der Waals surface area contributed by atoms with Crippen molar-refractivity contribution in [1.29, 1.82) is 0 Å². The highest BCUT2D eigenvalue weighted by atomic mass is 35.5. The zero-order chi connectivity index (χ0) is 12.4. The molecule has 0 fully saturated rings. The van der Waals surface area contributed by atoms with E-state index in [2.05, 4.69) is 10.3 Å². The minimum Gasteiger partial charge on any atom is -0.476 e. The van der Waals surface area contributed by atoms with Gasteiger partial charge in [-0.2, -0.15) is 4.98 Å². The van der Waals surface area contributed by atoms with E-state index in [1.807, 2.05) is 6.92 Å². The summed E-state index contributed by atoms with van der Waals surface area (Å²) >= 11 is 5.82. The van der Waals surface area contributed by atoms with Crippen LogP contribution in [0.15, 0.2) is 28.9 Å². The van der Waals surface area contributed by atoms with Gasteiger partial charge in [0.25, 0.3) is 6.01 Å². The molecule has 1 aromatic heterocycles. The van der Waals surface area contributed by atoms with Gasteiger partial charge in [-0.3, -0.25) is 0 Å². The Morgan fingerprint density at radius 3 is 2.88 bits per heavy atom. The van der Waals surface area contributed by atoms with Crippen LogP contribution in [0.3, 0.4) is 0 Å². The molecule has 88 valence electrons. The fourth-order valence-electron chi connectivity index (χ4n) is 1.31. The lowest BCUT2D eigenvalue weighted by molar-refractivity contribution is 0.0690. The molecule has 0 amide bonds. The standard InChI is InChI=1S/C11H9ClN2O3/c1-6-4-7(12)2-3-8(6)13-11-14-9(5-17-11)10(15)16/h2-5H,1H3,(H,13,14)(H,15,16). The summed E-state index contributed by atoms with van der Waals surface area (Å²) in [5, 5.41) is 12.2. The number of aromatic nitrogens is 1. The fraction of sp³-hybridized carbons (Fsp3) is 0.0909. The molecule has 6 heteroatoms. The normalized spacial score (nSPS) is 10.2. The van der Waals surface area contributed by atoms with E-state index in [1.165, 1.54) is 0 Å². The number of carboxylic acids is 1. The molecule has 0 aliphatic carbocycles. The smallest absolute Gasteiger partial charge is 0.357 e. The van der Waals surface area contributed by atoms with Crippen molar-refractivity contribution in [3.8, 4) is 0 Å². The van der Waals surface area contributed by atoms with Crippen LogP contribution in [0, 0.1) is 6.92 Å². The van der Waals surface area contributed by atoms with Crippen LogP contribution in [0.25, 0.3) is 0 Å². The van der Waals surface area contributed by atoms with Crippen molar-refractivity contribution in [2.45, 2.75) is 6.92 Å². The molecule has 1 aromatic carbocycles. The first-order chi connectivity index (χ1) is 8.06. The summed E-state index contributed by atoms with van der Waals surface area (Å²) in [5.74, 6) is -1.13. The SMILES string of the molecule is Cc1cc(Cl)ccc1Nc1nc(C(=O)O)co1. The second-order valence-corrected chi connectivity index (χ2v) is 3.86. The summed E-state index contributed by atoms with van der Waals surface area (Å²) in [7, 11) is 0. The van der Waals surface area contributed by atoms with Gasteiger partial charge < -0.3 is 14.8 Å². The molecule has 0 bridgehead atoms.